The van der Waals surface area contributed by atoms with Crippen LogP contribution in [-0.4, -0.2) is 9.41 Å². The smallest absolute Gasteiger partial charge is 0.208 e. The fourth-order valence-corrected chi connectivity index (χ4v) is 1.60. The van der Waals surface area contributed by atoms with E-state index in [2.05, 4.69) is 15.9 Å². The second-order valence-electron chi connectivity index (χ2n) is 1.60. The molecule has 0 saturated heterocycles. The minimum absolute atomic E-state index is 0.0162. The van der Waals surface area contributed by atoms with Crippen molar-refractivity contribution >= 4 is 39.1 Å². The number of rotatable bonds is 2. The van der Waals surface area contributed by atoms with Gasteiger partial charge in [-0.15, -0.1) is 0 Å². The van der Waals surface area contributed by atoms with E-state index in [9.17, 15) is 4.39 Å². The monoisotopic (exact) mass is 222 g/mol. The Morgan fingerprint density at radius 1 is 1.75 bits per heavy atom. The van der Waals surface area contributed by atoms with Crippen LogP contribution in [0.1, 0.15) is 13.3 Å². The van der Waals surface area contributed by atoms with Gasteiger partial charge in [0.15, 0.2) is 0 Å². The van der Waals surface area contributed by atoms with Crippen LogP contribution in [0.25, 0.3) is 0 Å². The third kappa shape index (κ3) is 6.99. The molecule has 0 spiro atoms. The van der Waals surface area contributed by atoms with Crippen molar-refractivity contribution in [2.45, 2.75) is 22.8 Å². The highest BCUT2D eigenvalue weighted by Crippen LogP contribution is 2.30. The predicted octanol–water partition coefficient (Wildman–Crippen LogP) is 3.26. The Morgan fingerprint density at radius 3 is 2.12 bits per heavy atom. The summed E-state index contributed by atoms with van der Waals surface area (Å²) in [6.45, 7) is 1.78. The van der Waals surface area contributed by atoms with Crippen LogP contribution < -0.4 is 0 Å². The lowest BCUT2D eigenvalue weighted by atomic mass is 10.4. The molecule has 1 atom stereocenters. The Bertz CT molecular complexity index is 68.9. The lowest BCUT2D eigenvalue weighted by molar-refractivity contribution is 0.372. The van der Waals surface area contributed by atoms with Crippen LogP contribution in [0.2, 0.25) is 0 Å². The molecule has 0 aromatic heterocycles. The van der Waals surface area contributed by atoms with Crippen molar-refractivity contribution in [3.05, 3.63) is 0 Å². The van der Waals surface area contributed by atoms with Crippen LogP contribution >= 0.6 is 39.1 Å². The van der Waals surface area contributed by atoms with E-state index in [0.717, 1.165) is 0 Å². The van der Waals surface area contributed by atoms with Gasteiger partial charge < -0.3 is 0 Å². The SMILES string of the molecule is CC(Br)CC(F)(Cl)Cl. The fraction of sp³-hybridized carbons (Fsp3) is 1.00. The van der Waals surface area contributed by atoms with Gasteiger partial charge in [0.05, 0.1) is 0 Å². The molecule has 0 rings (SSSR count). The first-order chi connectivity index (χ1) is 3.42. The first-order valence-electron chi connectivity index (χ1n) is 2.12. The van der Waals surface area contributed by atoms with Gasteiger partial charge in [0, 0.05) is 11.2 Å². The first kappa shape index (κ1) is 8.99. The minimum atomic E-state index is -2.08. The molecule has 0 saturated carbocycles. The highest BCUT2D eigenvalue weighted by molar-refractivity contribution is 9.09. The van der Waals surface area contributed by atoms with Gasteiger partial charge in [-0.2, -0.15) is 0 Å². The molecule has 0 radical (unpaired) electrons. The summed E-state index contributed by atoms with van der Waals surface area (Å²) in [6.07, 6.45) is 0.107. The Morgan fingerprint density at radius 2 is 2.12 bits per heavy atom. The Balaban J connectivity index is 3.39. The summed E-state index contributed by atoms with van der Waals surface area (Å²) in [4.78, 5) is 0.0162. The van der Waals surface area contributed by atoms with Crippen LogP contribution in [-0.2, 0) is 0 Å². The third-order valence-electron chi connectivity index (χ3n) is 0.513. The molecule has 0 nitrogen and oxygen atoms in total. The summed E-state index contributed by atoms with van der Waals surface area (Å²) in [5, 5.41) is 0. The summed E-state index contributed by atoms with van der Waals surface area (Å²) in [6, 6.07) is 0. The van der Waals surface area contributed by atoms with Crippen LogP contribution in [0.4, 0.5) is 4.39 Å². The standard InChI is InChI=1S/C4H6BrCl2F/c1-3(5)2-4(6,7)8/h3H,2H2,1H3. The average Bonchev–Trinajstić information content (AvgIpc) is 1.21. The highest BCUT2D eigenvalue weighted by Gasteiger charge is 2.23. The summed E-state index contributed by atoms with van der Waals surface area (Å²) in [5.74, 6) is 0. The topological polar surface area (TPSA) is 0 Å². The third-order valence-corrected chi connectivity index (χ3v) is 1.15. The molecule has 8 heavy (non-hydrogen) atoms. The van der Waals surface area contributed by atoms with E-state index in [1.54, 1.807) is 6.92 Å². The van der Waals surface area contributed by atoms with Gasteiger partial charge in [-0.3, -0.25) is 0 Å². The summed E-state index contributed by atoms with van der Waals surface area (Å²) in [5.41, 5.74) is 0. The molecule has 0 aliphatic carbocycles. The van der Waals surface area contributed by atoms with E-state index in [1.165, 1.54) is 0 Å². The molecule has 0 aromatic carbocycles. The maximum Gasteiger partial charge on any atom is 0.258 e. The zero-order valence-corrected chi connectivity index (χ0v) is 7.39. The lowest BCUT2D eigenvalue weighted by Gasteiger charge is -2.09. The van der Waals surface area contributed by atoms with E-state index in [-0.39, 0.29) is 11.2 Å². The van der Waals surface area contributed by atoms with Crippen molar-refractivity contribution in [2.24, 2.45) is 0 Å². The van der Waals surface area contributed by atoms with Gasteiger partial charge in [-0.05, 0) is 0 Å². The van der Waals surface area contributed by atoms with Gasteiger partial charge in [-0.1, -0.05) is 46.1 Å². The van der Waals surface area contributed by atoms with Crippen LogP contribution in [0.3, 0.4) is 0 Å². The molecule has 0 N–H and O–H groups in total. The summed E-state index contributed by atoms with van der Waals surface area (Å²) < 4.78 is 10.1. The van der Waals surface area contributed by atoms with Gasteiger partial charge in [-0.25, -0.2) is 4.39 Å². The molecule has 0 amide bonds. The molecule has 1 unspecified atom stereocenters. The zero-order valence-electron chi connectivity index (χ0n) is 4.30. The maximum atomic E-state index is 12.1. The molecule has 0 aliphatic heterocycles. The van der Waals surface area contributed by atoms with Gasteiger partial charge in [0.1, 0.15) is 0 Å². The van der Waals surface area contributed by atoms with Crippen LogP contribution in [0, 0.1) is 0 Å². The number of alkyl halides is 4. The summed E-state index contributed by atoms with van der Waals surface area (Å²) >= 11 is 13.1. The predicted molar refractivity (Wildman–Crippen MR) is 38.6 cm³/mol. The fourth-order valence-electron chi connectivity index (χ4n) is 0.319. The van der Waals surface area contributed by atoms with E-state index in [1.807, 2.05) is 0 Å². The average molecular weight is 224 g/mol. The zero-order chi connectivity index (χ0) is 6.78. The van der Waals surface area contributed by atoms with Crippen LogP contribution in [0.15, 0.2) is 0 Å². The van der Waals surface area contributed by atoms with Crippen molar-refractivity contribution in [1.82, 2.24) is 0 Å². The maximum absolute atomic E-state index is 12.1. The lowest BCUT2D eigenvalue weighted by Crippen LogP contribution is -2.08. The number of halogens is 4. The van der Waals surface area contributed by atoms with Crippen molar-refractivity contribution in [3.8, 4) is 0 Å². The molecule has 0 heterocycles. The van der Waals surface area contributed by atoms with Crippen molar-refractivity contribution in [3.63, 3.8) is 0 Å². The van der Waals surface area contributed by atoms with E-state index in [4.69, 9.17) is 23.2 Å². The van der Waals surface area contributed by atoms with Crippen molar-refractivity contribution in [1.29, 1.82) is 0 Å². The minimum Gasteiger partial charge on any atom is -0.208 e. The van der Waals surface area contributed by atoms with Crippen LogP contribution in [0.5, 0.6) is 0 Å². The van der Waals surface area contributed by atoms with Crippen molar-refractivity contribution < 1.29 is 4.39 Å². The number of hydrogen-bond donors (Lipinski definition) is 0. The largest absolute Gasteiger partial charge is 0.258 e. The van der Waals surface area contributed by atoms with Crippen molar-refractivity contribution in [2.75, 3.05) is 0 Å². The summed E-state index contributed by atoms with van der Waals surface area (Å²) in [7, 11) is 0. The first-order valence-corrected chi connectivity index (χ1v) is 3.80. The second kappa shape index (κ2) is 3.23. The van der Waals surface area contributed by atoms with E-state index >= 15 is 0 Å². The van der Waals surface area contributed by atoms with E-state index in [0.29, 0.717) is 0 Å². The molecule has 0 bridgehead atoms. The Labute approximate surface area is 66.5 Å². The number of hydrogen-bond acceptors (Lipinski definition) is 0. The molecule has 0 fully saturated rings. The Hall–Kier alpha value is 0.990. The van der Waals surface area contributed by atoms with Gasteiger partial charge in [0.25, 0.3) is 4.59 Å². The molecule has 0 aromatic rings. The second-order valence-corrected chi connectivity index (χ2v) is 4.55. The van der Waals surface area contributed by atoms with Gasteiger partial charge in [0.2, 0.25) is 0 Å². The quantitative estimate of drug-likeness (QED) is 0.631. The Kier molecular flexibility index (Phi) is 3.63. The highest BCUT2D eigenvalue weighted by atomic mass is 79.9. The normalized spacial score (nSPS) is 16.1. The molecular formula is C4H6BrCl2F. The van der Waals surface area contributed by atoms with E-state index < -0.39 is 4.59 Å². The molecule has 50 valence electrons. The molecular weight excluding hydrogens is 218 g/mol. The molecule has 0 aliphatic rings. The molecule has 4 heteroatoms. The van der Waals surface area contributed by atoms with Gasteiger partial charge >= 0.3 is 0 Å².